The number of halogens is 2. The minimum Gasteiger partial charge on any atom is -0.351 e. The number of hydrogen-bond acceptors (Lipinski definition) is 5. The van der Waals surface area contributed by atoms with Gasteiger partial charge in [0.15, 0.2) is 5.13 Å². The van der Waals surface area contributed by atoms with Crippen LogP contribution in [-0.2, 0) is 11.3 Å². The van der Waals surface area contributed by atoms with Gasteiger partial charge in [-0.2, -0.15) is 0 Å². The Hall–Kier alpha value is -2.65. The number of hydrogen-bond donors (Lipinski definition) is 2. The number of rotatable bonds is 5. The van der Waals surface area contributed by atoms with E-state index in [9.17, 15) is 18.4 Å². The maximum absolute atomic E-state index is 13.2. The predicted octanol–water partition coefficient (Wildman–Crippen LogP) is 4.04. The molecule has 5 nitrogen and oxygen atoms in total. The summed E-state index contributed by atoms with van der Waals surface area (Å²) >= 11 is 2.69. The van der Waals surface area contributed by atoms with Gasteiger partial charge in [0.05, 0.1) is 17.1 Å². The first-order valence-electron chi connectivity index (χ1n) is 7.47. The number of carbonyl (C=O) groups is 2. The molecule has 0 unspecified atom stereocenters. The molecule has 0 aliphatic heterocycles. The van der Waals surface area contributed by atoms with E-state index < -0.39 is 17.5 Å². The van der Waals surface area contributed by atoms with Crippen LogP contribution in [0.25, 0.3) is 10.6 Å². The lowest BCUT2D eigenvalue weighted by Gasteiger charge is -2.02. The summed E-state index contributed by atoms with van der Waals surface area (Å²) in [7, 11) is 0. The van der Waals surface area contributed by atoms with Crippen molar-refractivity contribution >= 4 is 39.6 Å². The van der Waals surface area contributed by atoms with Crippen molar-refractivity contribution in [2.75, 3.05) is 5.32 Å². The van der Waals surface area contributed by atoms with Crippen LogP contribution < -0.4 is 10.6 Å². The lowest BCUT2D eigenvalue weighted by atomic mass is 10.2. The first-order valence-corrected chi connectivity index (χ1v) is 9.17. The molecular formula is C17H13F2N3O2S2. The Morgan fingerprint density at radius 3 is 2.58 bits per heavy atom. The van der Waals surface area contributed by atoms with E-state index >= 15 is 0 Å². The second-order valence-corrected chi connectivity index (χ2v) is 7.35. The van der Waals surface area contributed by atoms with Crippen LogP contribution in [0.1, 0.15) is 22.2 Å². The summed E-state index contributed by atoms with van der Waals surface area (Å²) in [4.78, 5) is 29.2. The molecule has 26 heavy (non-hydrogen) atoms. The van der Waals surface area contributed by atoms with Crippen LogP contribution in [0, 0.1) is 11.6 Å². The second-order valence-electron chi connectivity index (χ2n) is 5.33. The largest absolute Gasteiger partial charge is 0.351 e. The van der Waals surface area contributed by atoms with Gasteiger partial charge in [-0.3, -0.25) is 14.9 Å². The van der Waals surface area contributed by atoms with Gasteiger partial charge < -0.3 is 5.32 Å². The average Bonchev–Trinajstić information content (AvgIpc) is 3.21. The van der Waals surface area contributed by atoms with E-state index in [1.807, 2.05) is 12.1 Å². The Labute approximate surface area is 155 Å². The van der Waals surface area contributed by atoms with Crippen molar-refractivity contribution in [2.45, 2.75) is 13.5 Å². The zero-order chi connectivity index (χ0) is 18.7. The number of nitrogens with zero attached hydrogens (tertiary/aromatic N) is 1. The van der Waals surface area contributed by atoms with Crippen molar-refractivity contribution in [1.82, 2.24) is 10.3 Å². The molecule has 2 aromatic heterocycles. The van der Waals surface area contributed by atoms with Crippen molar-refractivity contribution in [2.24, 2.45) is 0 Å². The Kier molecular flexibility index (Phi) is 5.38. The van der Waals surface area contributed by atoms with E-state index in [4.69, 9.17) is 0 Å². The minimum absolute atomic E-state index is 0.104. The summed E-state index contributed by atoms with van der Waals surface area (Å²) < 4.78 is 26.4. The summed E-state index contributed by atoms with van der Waals surface area (Å²) in [6.07, 6.45) is 0. The third-order valence-electron chi connectivity index (χ3n) is 3.28. The number of anilines is 1. The molecule has 9 heteroatoms. The second kappa shape index (κ2) is 7.71. The SMILES string of the molecule is CC(=O)NCc1ccc(-c2csc(NC(=O)c3cc(F)cc(F)c3)n2)s1. The molecule has 0 fully saturated rings. The quantitative estimate of drug-likeness (QED) is 0.687. The van der Waals surface area contributed by atoms with Crippen molar-refractivity contribution in [3.8, 4) is 10.6 Å². The van der Waals surface area contributed by atoms with Gasteiger partial charge in [-0.1, -0.05) is 0 Å². The third kappa shape index (κ3) is 4.50. The molecule has 2 heterocycles. The Bertz CT molecular complexity index is 948. The van der Waals surface area contributed by atoms with E-state index in [2.05, 4.69) is 15.6 Å². The van der Waals surface area contributed by atoms with Crippen LogP contribution in [-0.4, -0.2) is 16.8 Å². The van der Waals surface area contributed by atoms with E-state index in [0.717, 1.165) is 21.9 Å². The monoisotopic (exact) mass is 393 g/mol. The summed E-state index contributed by atoms with van der Waals surface area (Å²) in [6, 6.07) is 6.39. The van der Waals surface area contributed by atoms with Gasteiger partial charge in [0.1, 0.15) is 11.6 Å². The zero-order valence-electron chi connectivity index (χ0n) is 13.5. The van der Waals surface area contributed by atoms with Gasteiger partial charge in [0, 0.05) is 28.8 Å². The van der Waals surface area contributed by atoms with Crippen LogP contribution in [0.2, 0.25) is 0 Å². The molecule has 0 saturated heterocycles. The fraction of sp³-hybridized carbons (Fsp3) is 0.118. The molecule has 3 aromatic rings. The first-order chi connectivity index (χ1) is 12.4. The maximum atomic E-state index is 13.2. The van der Waals surface area contributed by atoms with Gasteiger partial charge >= 0.3 is 0 Å². The molecule has 0 radical (unpaired) electrons. The van der Waals surface area contributed by atoms with Crippen LogP contribution in [0.15, 0.2) is 35.7 Å². The molecule has 0 aliphatic rings. The number of aromatic nitrogens is 1. The minimum atomic E-state index is -0.819. The topological polar surface area (TPSA) is 71.1 Å². The summed E-state index contributed by atoms with van der Waals surface area (Å²) in [5.74, 6) is -2.38. The van der Waals surface area contributed by atoms with Gasteiger partial charge in [0.2, 0.25) is 5.91 Å². The first kappa shape index (κ1) is 18.2. The van der Waals surface area contributed by atoms with Gasteiger partial charge in [-0.15, -0.1) is 22.7 Å². The molecular weight excluding hydrogens is 380 g/mol. The maximum Gasteiger partial charge on any atom is 0.257 e. The molecule has 2 amide bonds. The Morgan fingerprint density at radius 1 is 1.15 bits per heavy atom. The lowest BCUT2D eigenvalue weighted by molar-refractivity contribution is -0.119. The summed E-state index contributed by atoms with van der Waals surface area (Å²) in [5.41, 5.74) is 0.558. The van der Waals surface area contributed by atoms with E-state index in [1.54, 1.807) is 5.38 Å². The smallest absolute Gasteiger partial charge is 0.257 e. The number of benzene rings is 1. The van der Waals surface area contributed by atoms with Crippen molar-refractivity contribution in [3.63, 3.8) is 0 Å². The molecule has 1 aromatic carbocycles. The molecule has 0 aliphatic carbocycles. The lowest BCUT2D eigenvalue weighted by Crippen LogP contribution is -2.17. The highest BCUT2D eigenvalue weighted by atomic mass is 32.1. The predicted molar refractivity (Wildman–Crippen MR) is 97.3 cm³/mol. The van der Waals surface area contributed by atoms with Crippen LogP contribution in [0.5, 0.6) is 0 Å². The van der Waals surface area contributed by atoms with Crippen LogP contribution in [0.4, 0.5) is 13.9 Å². The fourth-order valence-corrected chi connectivity index (χ4v) is 3.81. The average molecular weight is 393 g/mol. The fourth-order valence-electron chi connectivity index (χ4n) is 2.12. The molecule has 0 spiro atoms. The van der Waals surface area contributed by atoms with E-state index in [1.165, 1.54) is 29.6 Å². The number of thiazole rings is 1. The van der Waals surface area contributed by atoms with E-state index in [0.29, 0.717) is 23.4 Å². The van der Waals surface area contributed by atoms with Gasteiger partial charge in [-0.25, -0.2) is 13.8 Å². The Morgan fingerprint density at radius 2 is 1.88 bits per heavy atom. The van der Waals surface area contributed by atoms with Crippen LogP contribution >= 0.6 is 22.7 Å². The van der Waals surface area contributed by atoms with Crippen LogP contribution in [0.3, 0.4) is 0 Å². The van der Waals surface area contributed by atoms with E-state index in [-0.39, 0.29) is 11.5 Å². The zero-order valence-corrected chi connectivity index (χ0v) is 15.1. The number of nitrogens with one attached hydrogen (secondary N) is 2. The Balaban J connectivity index is 1.70. The molecule has 0 atom stereocenters. The summed E-state index contributed by atoms with van der Waals surface area (Å²) in [6.45, 7) is 1.90. The molecule has 3 rings (SSSR count). The normalized spacial score (nSPS) is 10.6. The highest BCUT2D eigenvalue weighted by Gasteiger charge is 2.13. The number of amides is 2. The number of thiophene rings is 1. The molecule has 2 N–H and O–H groups in total. The van der Waals surface area contributed by atoms with Crippen molar-refractivity contribution in [3.05, 3.63) is 57.8 Å². The highest BCUT2D eigenvalue weighted by molar-refractivity contribution is 7.17. The molecule has 0 bridgehead atoms. The van der Waals surface area contributed by atoms with Crippen molar-refractivity contribution in [1.29, 1.82) is 0 Å². The molecule has 0 saturated carbocycles. The van der Waals surface area contributed by atoms with Gasteiger partial charge in [-0.05, 0) is 24.3 Å². The summed E-state index contributed by atoms with van der Waals surface area (Å²) in [5, 5.41) is 7.35. The van der Waals surface area contributed by atoms with Crippen molar-refractivity contribution < 1.29 is 18.4 Å². The highest BCUT2D eigenvalue weighted by Crippen LogP contribution is 2.31. The number of carbonyl (C=O) groups excluding carboxylic acids is 2. The molecule has 134 valence electrons. The third-order valence-corrected chi connectivity index (χ3v) is 5.14. The van der Waals surface area contributed by atoms with Gasteiger partial charge in [0.25, 0.3) is 5.91 Å². The standard InChI is InChI=1S/C17H13F2N3O2S2/c1-9(23)20-7-13-2-3-15(26-13)14-8-25-17(21-14)22-16(24)10-4-11(18)6-12(19)5-10/h2-6,8H,7H2,1H3,(H,20,23)(H,21,22,24).